The van der Waals surface area contributed by atoms with Crippen molar-refractivity contribution >= 4 is 45.4 Å². The normalized spacial score (nSPS) is 16.8. The highest BCUT2D eigenvalue weighted by atomic mass is 79.9. The van der Waals surface area contributed by atoms with Gasteiger partial charge in [0.2, 0.25) is 0 Å². The Bertz CT molecular complexity index is 1140. The summed E-state index contributed by atoms with van der Waals surface area (Å²) in [5, 5.41) is 6.33. The largest absolute Gasteiger partial charge is 0.488 e. The second-order valence-corrected chi connectivity index (χ2v) is 9.64. The molecule has 0 aliphatic carbocycles. The molecule has 1 heterocycles. The number of ether oxygens (including phenoxy) is 1. The number of benzene rings is 3. The van der Waals surface area contributed by atoms with Gasteiger partial charge in [-0.25, -0.2) is 0 Å². The molecule has 4 rings (SSSR count). The smallest absolute Gasteiger partial charge is 0.260 e. The fraction of sp³-hybridized carbons (Fsp3) is 0.192. The number of carbonyl (C=O) groups is 1. The predicted molar refractivity (Wildman–Crippen MR) is 137 cm³/mol. The Hall–Kier alpha value is -2.70. The molecule has 3 aromatic carbocycles. The van der Waals surface area contributed by atoms with E-state index in [1.54, 1.807) is 0 Å². The third kappa shape index (κ3) is 5.75. The van der Waals surface area contributed by atoms with E-state index in [2.05, 4.69) is 70.7 Å². The van der Waals surface area contributed by atoms with E-state index in [-0.39, 0.29) is 11.4 Å². The summed E-state index contributed by atoms with van der Waals surface area (Å²) in [7, 11) is 0. The lowest BCUT2D eigenvalue weighted by atomic mass is 10.1. The van der Waals surface area contributed by atoms with Crippen LogP contribution in [0.4, 0.5) is 5.69 Å². The van der Waals surface area contributed by atoms with Gasteiger partial charge in [0.15, 0.2) is 5.50 Å². The van der Waals surface area contributed by atoms with E-state index in [4.69, 9.17) is 4.74 Å². The first-order chi connectivity index (χ1) is 15.5. The molecule has 0 bridgehead atoms. The van der Waals surface area contributed by atoms with Gasteiger partial charge in [-0.05, 0) is 76.3 Å². The van der Waals surface area contributed by atoms with Crippen LogP contribution >= 0.6 is 27.7 Å². The summed E-state index contributed by atoms with van der Waals surface area (Å²) in [5.74, 6) is 0.695. The lowest BCUT2D eigenvalue weighted by molar-refractivity contribution is -0.116. The zero-order valence-electron chi connectivity index (χ0n) is 18.0. The molecule has 4 nitrogen and oxygen atoms in total. The molecule has 1 amide bonds. The summed E-state index contributed by atoms with van der Waals surface area (Å²) >= 11 is 5.07. The van der Waals surface area contributed by atoms with E-state index < -0.39 is 0 Å². The first-order valence-corrected chi connectivity index (χ1v) is 12.2. The number of hydrogen-bond acceptors (Lipinski definition) is 4. The number of hydrogen-bond donors (Lipinski definition) is 2. The number of amides is 1. The van der Waals surface area contributed by atoms with E-state index in [0.29, 0.717) is 11.5 Å². The molecule has 1 atom stereocenters. The Balaban J connectivity index is 1.39. The van der Waals surface area contributed by atoms with Gasteiger partial charge in [-0.1, -0.05) is 66.7 Å². The van der Waals surface area contributed by atoms with Gasteiger partial charge >= 0.3 is 0 Å². The second-order valence-electron chi connectivity index (χ2n) is 7.64. The lowest BCUT2D eigenvalue weighted by Gasteiger charge is -2.12. The van der Waals surface area contributed by atoms with E-state index in [0.717, 1.165) is 33.5 Å². The molecule has 1 aliphatic heterocycles. The van der Waals surface area contributed by atoms with Crippen LogP contribution in [0.1, 0.15) is 29.2 Å². The fourth-order valence-corrected chi connectivity index (χ4v) is 4.89. The highest BCUT2D eigenvalue weighted by Crippen LogP contribution is 2.32. The molecule has 6 heteroatoms. The molecule has 1 saturated heterocycles. The minimum atomic E-state index is -0.193. The van der Waals surface area contributed by atoms with Crippen LogP contribution in [0.3, 0.4) is 0 Å². The van der Waals surface area contributed by atoms with Crippen molar-refractivity contribution in [3.05, 3.63) is 98.4 Å². The Morgan fingerprint density at radius 3 is 2.62 bits per heavy atom. The number of thioether (sulfide) groups is 1. The third-order valence-electron chi connectivity index (χ3n) is 5.12. The molecule has 0 aromatic heterocycles. The van der Waals surface area contributed by atoms with Gasteiger partial charge in [0.25, 0.3) is 5.91 Å². The van der Waals surface area contributed by atoms with Gasteiger partial charge < -0.3 is 15.4 Å². The molecule has 32 heavy (non-hydrogen) atoms. The van der Waals surface area contributed by atoms with Crippen molar-refractivity contribution in [3.63, 3.8) is 0 Å². The standard InChI is InChI=1S/C26H25BrN2O2S/c1-3-18-7-10-21(11-8-18)28-26-29-25(30)24(32-26)15-19-9-12-23(22(27)14-19)31-16-20-6-4-5-17(2)13-20/h4-15,26,28H,3,16H2,1-2H3,(H,29,30)/b24-15-/t26-/m1/s1. The number of halogens is 1. The van der Waals surface area contributed by atoms with Crippen LogP contribution in [0.2, 0.25) is 0 Å². The maximum atomic E-state index is 12.4. The van der Waals surface area contributed by atoms with Crippen LogP contribution in [0.25, 0.3) is 6.08 Å². The maximum absolute atomic E-state index is 12.4. The summed E-state index contributed by atoms with van der Waals surface area (Å²) in [6.07, 6.45) is 2.91. The van der Waals surface area contributed by atoms with Crippen molar-refractivity contribution in [2.45, 2.75) is 32.4 Å². The maximum Gasteiger partial charge on any atom is 0.260 e. The monoisotopic (exact) mass is 508 g/mol. The Morgan fingerprint density at radius 2 is 1.91 bits per heavy atom. The van der Waals surface area contributed by atoms with Gasteiger partial charge in [0.05, 0.1) is 9.38 Å². The highest BCUT2D eigenvalue weighted by molar-refractivity contribution is 9.10. The van der Waals surface area contributed by atoms with Crippen LogP contribution in [0, 0.1) is 6.92 Å². The molecular weight excluding hydrogens is 484 g/mol. The van der Waals surface area contributed by atoms with E-state index >= 15 is 0 Å². The number of rotatable bonds is 7. The second kappa shape index (κ2) is 10.3. The van der Waals surface area contributed by atoms with E-state index in [1.807, 2.05) is 42.5 Å². The van der Waals surface area contributed by atoms with E-state index in [1.165, 1.54) is 22.9 Å². The SMILES string of the molecule is CCc1ccc(N[C@@H]2NC(=O)/C(=C/c3ccc(OCc4cccc(C)c4)c(Br)c3)S2)cc1. The topological polar surface area (TPSA) is 50.4 Å². The van der Waals surface area contributed by atoms with Crippen molar-refractivity contribution in [1.29, 1.82) is 0 Å². The minimum Gasteiger partial charge on any atom is -0.488 e. The fourth-order valence-electron chi connectivity index (χ4n) is 3.39. The Kier molecular flexibility index (Phi) is 7.22. The van der Waals surface area contributed by atoms with Crippen LogP contribution < -0.4 is 15.4 Å². The van der Waals surface area contributed by atoms with Crippen molar-refractivity contribution in [2.75, 3.05) is 5.32 Å². The van der Waals surface area contributed by atoms with Crippen molar-refractivity contribution in [3.8, 4) is 5.75 Å². The molecule has 164 valence electrons. The molecule has 3 aromatic rings. The molecule has 0 unspecified atom stereocenters. The molecule has 1 aliphatic rings. The number of aryl methyl sites for hydroxylation is 2. The zero-order chi connectivity index (χ0) is 22.5. The summed E-state index contributed by atoms with van der Waals surface area (Å²) in [5.41, 5.74) is 5.36. The van der Waals surface area contributed by atoms with Gasteiger partial charge in [-0.15, -0.1) is 0 Å². The van der Waals surface area contributed by atoms with Gasteiger partial charge in [0.1, 0.15) is 12.4 Å². The molecule has 1 fully saturated rings. The van der Waals surface area contributed by atoms with Crippen molar-refractivity contribution in [2.24, 2.45) is 0 Å². The molecule has 0 spiro atoms. The Morgan fingerprint density at radius 1 is 1.09 bits per heavy atom. The van der Waals surface area contributed by atoms with Crippen LogP contribution in [-0.4, -0.2) is 11.4 Å². The lowest BCUT2D eigenvalue weighted by Crippen LogP contribution is -2.30. The number of nitrogens with one attached hydrogen (secondary N) is 2. The van der Waals surface area contributed by atoms with Crippen molar-refractivity contribution < 1.29 is 9.53 Å². The van der Waals surface area contributed by atoms with Crippen LogP contribution in [-0.2, 0) is 17.8 Å². The summed E-state index contributed by atoms with van der Waals surface area (Å²) in [6.45, 7) is 4.71. The average Bonchev–Trinajstić information content (AvgIpc) is 3.12. The summed E-state index contributed by atoms with van der Waals surface area (Å²) in [6, 6.07) is 22.4. The van der Waals surface area contributed by atoms with Crippen molar-refractivity contribution in [1.82, 2.24) is 5.32 Å². The molecule has 0 saturated carbocycles. The zero-order valence-corrected chi connectivity index (χ0v) is 20.4. The van der Waals surface area contributed by atoms with Gasteiger partial charge in [-0.3, -0.25) is 4.79 Å². The quantitative estimate of drug-likeness (QED) is 0.357. The molecule has 0 radical (unpaired) electrons. The molecule has 2 N–H and O–H groups in total. The van der Waals surface area contributed by atoms with Crippen LogP contribution in [0.15, 0.2) is 76.1 Å². The third-order valence-corrected chi connectivity index (χ3v) is 6.77. The summed E-state index contributed by atoms with van der Waals surface area (Å²) in [4.78, 5) is 13.1. The number of carbonyl (C=O) groups excluding carboxylic acids is 1. The summed E-state index contributed by atoms with van der Waals surface area (Å²) < 4.78 is 6.82. The molecular formula is C26H25BrN2O2S. The van der Waals surface area contributed by atoms with Gasteiger partial charge in [-0.2, -0.15) is 0 Å². The first-order valence-electron chi connectivity index (χ1n) is 10.5. The Labute approximate surface area is 201 Å². The average molecular weight is 509 g/mol. The predicted octanol–water partition coefficient (Wildman–Crippen LogP) is 6.50. The minimum absolute atomic E-state index is 0.0754. The first kappa shape index (κ1) is 22.5. The van der Waals surface area contributed by atoms with Gasteiger partial charge in [0, 0.05) is 5.69 Å². The number of anilines is 1. The van der Waals surface area contributed by atoms with E-state index in [9.17, 15) is 4.79 Å². The highest BCUT2D eigenvalue weighted by Gasteiger charge is 2.27. The van der Waals surface area contributed by atoms with Crippen LogP contribution in [0.5, 0.6) is 5.75 Å².